The molecule has 0 bridgehead atoms. The molecule has 0 aromatic rings. The third-order valence-electron chi connectivity index (χ3n) is 2.61. The van der Waals surface area contributed by atoms with Crippen LogP contribution in [0.5, 0.6) is 0 Å². The van der Waals surface area contributed by atoms with Gasteiger partial charge in [-0.05, 0) is 40.5 Å². The van der Waals surface area contributed by atoms with Gasteiger partial charge in [0.1, 0.15) is 11.6 Å². The molecule has 0 unspecified atom stereocenters. The van der Waals surface area contributed by atoms with E-state index in [1.165, 1.54) is 0 Å². The van der Waals surface area contributed by atoms with Gasteiger partial charge in [0.25, 0.3) is 0 Å². The Hall–Kier alpha value is -1.52. The molecule has 5 heteroatoms. The Morgan fingerprint density at radius 2 is 1.81 bits per heavy atom. The highest BCUT2D eigenvalue weighted by molar-refractivity contribution is 5.86. The summed E-state index contributed by atoms with van der Waals surface area (Å²) < 4.78 is 5.13. The van der Waals surface area contributed by atoms with Crippen LogP contribution in [0.1, 0.15) is 67.2 Å². The summed E-state index contributed by atoms with van der Waals surface area (Å²) in [6.07, 6.45) is 5.22. The number of allylic oxidation sites excluding steroid dienone is 2. The summed E-state index contributed by atoms with van der Waals surface area (Å²) in [6, 6.07) is -0.637. The molecule has 1 atom stereocenters. The molecule has 5 nitrogen and oxygen atoms in total. The molecule has 0 saturated heterocycles. The molecule has 0 aromatic heterocycles. The lowest BCUT2D eigenvalue weighted by Gasteiger charge is -2.22. The average molecular weight is 298 g/mol. The van der Waals surface area contributed by atoms with Crippen molar-refractivity contribution >= 4 is 12.0 Å². The number of carbonyl (C=O) groups is 2. The molecule has 0 aliphatic carbocycles. The summed E-state index contributed by atoms with van der Waals surface area (Å²) in [5, 5.41) is 5.41. The van der Waals surface area contributed by atoms with Gasteiger partial charge in [-0.15, -0.1) is 0 Å². The first-order chi connectivity index (χ1) is 9.69. The molecule has 0 fully saturated rings. The van der Waals surface area contributed by atoms with E-state index in [0.717, 1.165) is 31.4 Å². The SMILES string of the molecule is CCC/C=C(\CCC)NC(=O)[C@H](C)NC(=O)OC(C)(C)C. The number of nitrogens with one attached hydrogen (secondary N) is 2. The van der Waals surface area contributed by atoms with Crippen molar-refractivity contribution in [2.45, 2.75) is 78.9 Å². The minimum Gasteiger partial charge on any atom is -0.444 e. The smallest absolute Gasteiger partial charge is 0.408 e. The van der Waals surface area contributed by atoms with Gasteiger partial charge in [-0.25, -0.2) is 4.79 Å². The molecule has 0 aromatic carbocycles. The predicted molar refractivity (Wildman–Crippen MR) is 84.9 cm³/mol. The lowest BCUT2D eigenvalue weighted by molar-refractivity contribution is -0.122. The van der Waals surface area contributed by atoms with Crippen LogP contribution in [0.15, 0.2) is 11.8 Å². The van der Waals surface area contributed by atoms with Crippen molar-refractivity contribution in [1.82, 2.24) is 10.6 Å². The summed E-state index contributed by atoms with van der Waals surface area (Å²) >= 11 is 0. The van der Waals surface area contributed by atoms with E-state index >= 15 is 0 Å². The predicted octanol–water partition coefficient (Wildman–Crippen LogP) is 3.50. The first kappa shape index (κ1) is 19.5. The fourth-order valence-electron chi connectivity index (χ4n) is 1.62. The van der Waals surface area contributed by atoms with Crippen LogP contribution in [0, 0.1) is 0 Å². The molecule has 0 aliphatic heterocycles. The van der Waals surface area contributed by atoms with Gasteiger partial charge in [0.2, 0.25) is 5.91 Å². The number of ether oxygens (including phenoxy) is 1. The van der Waals surface area contributed by atoms with Crippen LogP contribution >= 0.6 is 0 Å². The number of hydrogen-bond acceptors (Lipinski definition) is 3. The molecule has 122 valence electrons. The van der Waals surface area contributed by atoms with Crippen LogP contribution < -0.4 is 10.6 Å². The maximum absolute atomic E-state index is 12.1. The first-order valence-corrected chi connectivity index (χ1v) is 7.69. The van der Waals surface area contributed by atoms with Crippen LogP contribution in [0.2, 0.25) is 0 Å². The largest absolute Gasteiger partial charge is 0.444 e. The van der Waals surface area contributed by atoms with Gasteiger partial charge >= 0.3 is 6.09 Å². The second kappa shape index (κ2) is 9.42. The number of amides is 2. The first-order valence-electron chi connectivity index (χ1n) is 7.69. The molecule has 21 heavy (non-hydrogen) atoms. The molecular weight excluding hydrogens is 268 g/mol. The highest BCUT2D eigenvalue weighted by atomic mass is 16.6. The van der Waals surface area contributed by atoms with E-state index in [2.05, 4.69) is 24.5 Å². The third kappa shape index (κ3) is 9.93. The van der Waals surface area contributed by atoms with E-state index in [-0.39, 0.29) is 5.91 Å². The minimum absolute atomic E-state index is 0.225. The van der Waals surface area contributed by atoms with Crippen molar-refractivity contribution in [2.75, 3.05) is 0 Å². The van der Waals surface area contributed by atoms with E-state index in [4.69, 9.17) is 4.74 Å². The van der Waals surface area contributed by atoms with Crippen molar-refractivity contribution in [3.63, 3.8) is 0 Å². The standard InChI is InChI=1S/C16H30N2O3/c1-7-9-11-13(10-8-2)18-14(19)12(3)17-15(20)21-16(4,5)6/h11-12H,7-10H2,1-6H3,(H,17,20)(H,18,19)/b13-11+/t12-/m0/s1. The van der Waals surface area contributed by atoms with Crippen LogP contribution in [0.3, 0.4) is 0 Å². The second-order valence-electron chi connectivity index (χ2n) is 6.13. The van der Waals surface area contributed by atoms with E-state index in [1.807, 2.05) is 6.08 Å². The van der Waals surface area contributed by atoms with Crippen molar-refractivity contribution < 1.29 is 14.3 Å². The zero-order valence-electron chi connectivity index (χ0n) is 14.2. The Labute approximate surface area is 128 Å². The second-order valence-corrected chi connectivity index (χ2v) is 6.13. The minimum atomic E-state index is -0.637. The molecule has 0 heterocycles. The van der Waals surface area contributed by atoms with Gasteiger partial charge in [-0.2, -0.15) is 0 Å². The van der Waals surface area contributed by atoms with Crippen LogP contribution in [-0.2, 0) is 9.53 Å². The average Bonchev–Trinajstić information content (AvgIpc) is 2.33. The van der Waals surface area contributed by atoms with Gasteiger partial charge in [-0.3, -0.25) is 4.79 Å². The van der Waals surface area contributed by atoms with Gasteiger partial charge in [0.05, 0.1) is 0 Å². The van der Waals surface area contributed by atoms with Crippen molar-refractivity contribution in [3.8, 4) is 0 Å². The van der Waals surface area contributed by atoms with Crippen molar-refractivity contribution in [2.24, 2.45) is 0 Å². The fourth-order valence-corrected chi connectivity index (χ4v) is 1.62. The highest BCUT2D eigenvalue weighted by Gasteiger charge is 2.21. The van der Waals surface area contributed by atoms with Gasteiger partial charge in [-0.1, -0.05) is 32.8 Å². The zero-order valence-corrected chi connectivity index (χ0v) is 14.2. The van der Waals surface area contributed by atoms with Crippen LogP contribution in [0.25, 0.3) is 0 Å². The summed E-state index contributed by atoms with van der Waals surface area (Å²) in [5.74, 6) is -0.225. The molecule has 0 spiro atoms. The molecule has 2 amide bonds. The Bertz CT molecular complexity index is 370. The Morgan fingerprint density at radius 3 is 2.29 bits per heavy atom. The number of hydrogen-bond donors (Lipinski definition) is 2. The Kier molecular flexibility index (Phi) is 8.74. The van der Waals surface area contributed by atoms with E-state index in [9.17, 15) is 9.59 Å². The van der Waals surface area contributed by atoms with E-state index in [1.54, 1.807) is 27.7 Å². The van der Waals surface area contributed by atoms with Gasteiger partial charge in [0.15, 0.2) is 0 Å². The normalized spacial score (nSPS) is 13.5. The Balaban J connectivity index is 4.45. The van der Waals surface area contributed by atoms with E-state index in [0.29, 0.717) is 0 Å². The zero-order chi connectivity index (χ0) is 16.5. The summed E-state index contributed by atoms with van der Waals surface area (Å²) in [6.45, 7) is 11.1. The number of alkyl carbamates (subject to hydrolysis) is 1. The number of rotatable bonds is 7. The number of unbranched alkanes of at least 4 members (excludes halogenated alkanes) is 1. The maximum Gasteiger partial charge on any atom is 0.408 e. The summed E-state index contributed by atoms with van der Waals surface area (Å²) in [5.41, 5.74) is 0.344. The van der Waals surface area contributed by atoms with Crippen LogP contribution in [-0.4, -0.2) is 23.6 Å². The highest BCUT2D eigenvalue weighted by Crippen LogP contribution is 2.07. The summed E-state index contributed by atoms with van der Waals surface area (Å²) in [7, 11) is 0. The molecule has 0 saturated carbocycles. The fraction of sp³-hybridized carbons (Fsp3) is 0.750. The third-order valence-corrected chi connectivity index (χ3v) is 2.61. The van der Waals surface area contributed by atoms with Crippen molar-refractivity contribution in [1.29, 1.82) is 0 Å². The topological polar surface area (TPSA) is 67.4 Å². The quantitative estimate of drug-likeness (QED) is 0.756. The summed E-state index contributed by atoms with van der Waals surface area (Å²) in [4.78, 5) is 23.7. The van der Waals surface area contributed by atoms with Gasteiger partial charge < -0.3 is 15.4 Å². The van der Waals surface area contributed by atoms with Crippen molar-refractivity contribution in [3.05, 3.63) is 11.8 Å². The molecule has 0 aliphatic rings. The molecule has 2 N–H and O–H groups in total. The van der Waals surface area contributed by atoms with E-state index < -0.39 is 17.7 Å². The van der Waals surface area contributed by atoms with Crippen LogP contribution in [0.4, 0.5) is 4.79 Å². The van der Waals surface area contributed by atoms with Gasteiger partial charge in [0, 0.05) is 5.70 Å². The maximum atomic E-state index is 12.1. The monoisotopic (exact) mass is 298 g/mol. The molecular formula is C16H30N2O3. The lowest BCUT2D eigenvalue weighted by atomic mass is 10.2. The Morgan fingerprint density at radius 1 is 1.19 bits per heavy atom. The molecule has 0 rings (SSSR count). The molecule has 0 radical (unpaired) electrons. The lowest BCUT2D eigenvalue weighted by Crippen LogP contribution is -2.46. The number of carbonyl (C=O) groups excluding carboxylic acids is 2.